The molecule has 100 valence electrons. The van der Waals surface area contributed by atoms with Crippen molar-refractivity contribution in [1.29, 1.82) is 0 Å². The first-order valence-corrected chi connectivity index (χ1v) is 7.11. The van der Waals surface area contributed by atoms with E-state index < -0.39 is 0 Å². The molecule has 0 bridgehead atoms. The van der Waals surface area contributed by atoms with Crippen LogP contribution in [0.4, 0.5) is 5.95 Å². The smallest absolute Gasteiger partial charge is 0.226 e. The van der Waals surface area contributed by atoms with Crippen molar-refractivity contribution >= 4 is 17.5 Å². The molecule has 18 heavy (non-hydrogen) atoms. The molecule has 1 heterocycles. The number of halogens is 1. The first kappa shape index (κ1) is 13.4. The summed E-state index contributed by atoms with van der Waals surface area (Å²) in [6.45, 7) is 2.75. The van der Waals surface area contributed by atoms with Crippen LogP contribution < -0.4 is 10.1 Å². The summed E-state index contributed by atoms with van der Waals surface area (Å²) in [6, 6.07) is 1.78. The van der Waals surface area contributed by atoms with E-state index in [0.717, 1.165) is 19.3 Å². The highest BCUT2D eigenvalue weighted by Gasteiger charge is 2.33. The number of hydrogen-bond donors (Lipinski definition) is 1. The van der Waals surface area contributed by atoms with E-state index in [1.54, 1.807) is 12.3 Å². The highest BCUT2D eigenvalue weighted by atomic mass is 35.5. The third kappa shape index (κ3) is 3.25. The van der Waals surface area contributed by atoms with Crippen LogP contribution in [0.1, 0.15) is 39.0 Å². The summed E-state index contributed by atoms with van der Waals surface area (Å²) in [6.07, 6.45) is 7.28. The van der Waals surface area contributed by atoms with E-state index >= 15 is 0 Å². The van der Waals surface area contributed by atoms with Crippen molar-refractivity contribution < 1.29 is 4.74 Å². The fourth-order valence-corrected chi connectivity index (χ4v) is 2.60. The predicted octanol–water partition coefficient (Wildman–Crippen LogP) is 3.23. The molecule has 1 N–H and O–H groups in total. The Morgan fingerprint density at radius 1 is 1.44 bits per heavy atom. The van der Waals surface area contributed by atoms with Gasteiger partial charge in [-0.1, -0.05) is 19.8 Å². The first-order valence-electron chi connectivity index (χ1n) is 6.58. The van der Waals surface area contributed by atoms with E-state index in [9.17, 15) is 0 Å². The lowest BCUT2D eigenvalue weighted by Crippen LogP contribution is -2.37. The highest BCUT2D eigenvalue weighted by molar-refractivity contribution is 6.18. The summed E-state index contributed by atoms with van der Waals surface area (Å²) in [5.41, 5.74) is -0.0368. The molecule has 0 radical (unpaired) electrons. The maximum Gasteiger partial charge on any atom is 0.226 e. The van der Waals surface area contributed by atoms with E-state index in [1.165, 1.54) is 12.8 Å². The van der Waals surface area contributed by atoms with Gasteiger partial charge in [0.2, 0.25) is 11.8 Å². The normalized spacial score (nSPS) is 17.7. The van der Waals surface area contributed by atoms with Gasteiger partial charge in [-0.05, 0) is 19.3 Å². The molecule has 0 saturated heterocycles. The number of nitrogens with zero attached hydrogens (tertiary/aromatic N) is 2. The molecule has 2 rings (SSSR count). The van der Waals surface area contributed by atoms with Gasteiger partial charge < -0.3 is 10.1 Å². The van der Waals surface area contributed by atoms with Crippen molar-refractivity contribution in [3.8, 4) is 5.88 Å². The number of ether oxygens (including phenoxy) is 1. The molecule has 0 unspecified atom stereocenters. The standard InChI is InChI=1S/C13H20ClN3O/c1-2-9-18-11-5-8-15-12(16-11)17-13(10-14)6-3-4-7-13/h5,8H,2-4,6-7,9-10H2,1H3,(H,15,16,17). The second-order valence-corrected chi connectivity index (χ2v) is 5.08. The number of nitrogens with one attached hydrogen (secondary N) is 1. The van der Waals surface area contributed by atoms with Crippen molar-refractivity contribution in [3.05, 3.63) is 12.3 Å². The first-order chi connectivity index (χ1) is 8.78. The Morgan fingerprint density at radius 2 is 2.22 bits per heavy atom. The average molecular weight is 270 g/mol. The lowest BCUT2D eigenvalue weighted by molar-refractivity contribution is 0.305. The van der Waals surface area contributed by atoms with Crippen molar-refractivity contribution in [3.63, 3.8) is 0 Å². The summed E-state index contributed by atoms with van der Waals surface area (Å²) >= 11 is 6.09. The molecule has 0 atom stereocenters. The van der Waals surface area contributed by atoms with Gasteiger partial charge in [0.05, 0.1) is 12.1 Å². The summed E-state index contributed by atoms with van der Waals surface area (Å²) in [5.74, 6) is 1.83. The zero-order valence-corrected chi connectivity index (χ0v) is 11.5. The molecule has 0 amide bonds. The molecule has 0 aromatic carbocycles. The van der Waals surface area contributed by atoms with E-state index in [0.29, 0.717) is 24.3 Å². The van der Waals surface area contributed by atoms with Gasteiger partial charge in [0.1, 0.15) is 0 Å². The average Bonchev–Trinajstić information content (AvgIpc) is 2.86. The molecule has 4 nitrogen and oxygen atoms in total. The number of hydrogen-bond acceptors (Lipinski definition) is 4. The molecule has 1 aliphatic rings. The van der Waals surface area contributed by atoms with Crippen molar-refractivity contribution in [1.82, 2.24) is 9.97 Å². The van der Waals surface area contributed by atoms with Gasteiger partial charge in [-0.2, -0.15) is 4.98 Å². The molecular weight excluding hydrogens is 250 g/mol. The maximum atomic E-state index is 6.09. The molecule has 1 fully saturated rings. The Balaban J connectivity index is 2.04. The number of anilines is 1. The lowest BCUT2D eigenvalue weighted by atomic mass is 10.0. The van der Waals surface area contributed by atoms with E-state index in [1.807, 2.05) is 0 Å². The summed E-state index contributed by atoms with van der Waals surface area (Å²) in [4.78, 5) is 8.61. The Bertz CT molecular complexity index is 380. The Kier molecular flexibility index (Phi) is 4.64. The predicted molar refractivity (Wildman–Crippen MR) is 73.4 cm³/mol. The van der Waals surface area contributed by atoms with Crippen LogP contribution in [0, 0.1) is 0 Å². The van der Waals surface area contributed by atoms with Crippen LogP contribution in [0.3, 0.4) is 0 Å². The van der Waals surface area contributed by atoms with Crippen molar-refractivity contribution in [2.75, 3.05) is 17.8 Å². The molecule has 1 saturated carbocycles. The van der Waals surface area contributed by atoms with Gasteiger partial charge in [0.15, 0.2) is 0 Å². The maximum absolute atomic E-state index is 6.09. The van der Waals surface area contributed by atoms with Crippen molar-refractivity contribution in [2.45, 2.75) is 44.6 Å². The monoisotopic (exact) mass is 269 g/mol. The number of rotatable bonds is 6. The van der Waals surface area contributed by atoms with Gasteiger partial charge >= 0.3 is 0 Å². The van der Waals surface area contributed by atoms with Crippen LogP contribution in [0.25, 0.3) is 0 Å². The minimum atomic E-state index is -0.0368. The third-order valence-electron chi connectivity index (χ3n) is 3.28. The minimum Gasteiger partial charge on any atom is -0.478 e. The second kappa shape index (κ2) is 6.23. The minimum absolute atomic E-state index is 0.0368. The molecule has 1 aromatic heterocycles. The van der Waals surface area contributed by atoms with Crippen LogP contribution in [0.5, 0.6) is 5.88 Å². The zero-order valence-electron chi connectivity index (χ0n) is 10.8. The van der Waals surface area contributed by atoms with Crippen molar-refractivity contribution in [2.24, 2.45) is 0 Å². The lowest BCUT2D eigenvalue weighted by Gasteiger charge is -2.27. The van der Waals surface area contributed by atoms with Crippen LogP contribution in [-0.4, -0.2) is 28.0 Å². The van der Waals surface area contributed by atoms with Crippen LogP contribution >= 0.6 is 11.6 Å². The van der Waals surface area contributed by atoms with Crippen LogP contribution in [0.15, 0.2) is 12.3 Å². The molecule has 1 aliphatic carbocycles. The van der Waals surface area contributed by atoms with E-state index in [-0.39, 0.29) is 5.54 Å². The topological polar surface area (TPSA) is 47.0 Å². The molecular formula is C13H20ClN3O. The molecule has 5 heteroatoms. The highest BCUT2D eigenvalue weighted by Crippen LogP contribution is 2.33. The zero-order chi connectivity index (χ0) is 12.8. The Labute approximate surface area is 113 Å². The summed E-state index contributed by atoms with van der Waals surface area (Å²) in [5, 5.41) is 3.39. The van der Waals surface area contributed by atoms with E-state index in [4.69, 9.17) is 16.3 Å². The number of aromatic nitrogens is 2. The summed E-state index contributed by atoms with van der Waals surface area (Å²) in [7, 11) is 0. The Morgan fingerprint density at radius 3 is 2.89 bits per heavy atom. The Hall–Kier alpha value is -1.03. The fraction of sp³-hybridized carbons (Fsp3) is 0.692. The van der Waals surface area contributed by atoms with E-state index in [2.05, 4.69) is 22.2 Å². The van der Waals surface area contributed by atoms with Gasteiger partial charge in [-0.3, -0.25) is 0 Å². The second-order valence-electron chi connectivity index (χ2n) is 4.81. The quantitative estimate of drug-likeness (QED) is 0.806. The fourth-order valence-electron chi connectivity index (χ4n) is 2.27. The van der Waals surface area contributed by atoms with Gasteiger partial charge in [0, 0.05) is 18.1 Å². The summed E-state index contributed by atoms with van der Waals surface area (Å²) < 4.78 is 5.50. The number of alkyl halides is 1. The third-order valence-corrected chi connectivity index (χ3v) is 3.79. The molecule has 1 aromatic rings. The van der Waals surface area contributed by atoms with Gasteiger partial charge in [0.25, 0.3) is 0 Å². The molecule has 0 spiro atoms. The van der Waals surface area contributed by atoms with Crippen LogP contribution in [-0.2, 0) is 0 Å². The molecule has 0 aliphatic heterocycles. The SMILES string of the molecule is CCCOc1ccnc(NC2(CCl)CCCC2)n1. The van der Waals surface area contributed by atoms with Crippen LogP contribution in [0.2, 0.25) is 0 Å². The van der Waals surface area contributed by atoms with Gasteiger partial charge in [-0.25, -0.2) is 4.98 Å². The van der Waals surface area contributed by atoms with Gasteiger partial charge in [-0.15, -0.1) is 11.6 Å². The largest absolute Gasteiger partial charge is 0.478 e.